The number of esters is 1. The summed E-state index contributed by atoms with van der Waals surface area (Å²) < 4.78 is 22.6. The van der Waals surface area contributed by atoms with E-state index in [9.17, 15) is 9.59 Å². The molecule has 35 heavy (non-hydrogen) atoms. The van der Waals surface area contributed by atoms with Crippen LogP contribution in [-0.4, -0.2) is 84.4 Å². The fourth-order valence-electron chi connectivity index (χ4n) is 4.07. The van der Waals surface area contributed by atoms with Crippen LogP contribution in [-0.2, 0) is 28.5 Å². The number of rotatable bonds is 9. The highest BCUT2D eigenvalue weighted by atomic mass is 32.2. The normalized spacial score (nSPS) is 25.3. The largest absolute Gasteiger partial charge is 0.455 e. The van der Waals surface area contributed by atoms with Crippen molar-refractivity contribution in [3.63, 3.8) is 0 Å². The van der Waals surface area contributed by atoms with E-state index in [1.807, 2.05) is 41.5 Å². The highest BCUT2D eigenvalue weighted by Crippen LogP contribution is 2.40. The molecule has 0 aliphatic carbocycles. The van der Waals surface area contributed by atoms with Crippen molar-refractivity contribution in [2.75, 3.05) is 32.1 Å². The molecule has 3 rings (SSSR count). The van der Waals surface area contributed by atoms with Gasteiger partial charge in [-0.3, -0.25) is 9.69 Å². The number of amides is 1. The Hall–Kier alpha value is -1.82. The quantitative estimate of drug-likeness (QED) is 0.158. The van der Waals surface area contributed by atoms with Crippen molar-refractivity contribution in [1.29, 1.82) is 0 Å². The first kappa shape index (κ1) is 27.8. The van der Waals surface area contributed by atoms with Gasteiger partial charge in [-0.05, 0) is 66.4 Å². The molecule has 2 N–H and O–H groups in total. The van der Waals surface area contributed by atoms with Crippen LogP contribution in [0.3, 0.4) is 0 Å². The number of β-lactam (4-membered cyclic amide) rings is 1. The van der Waals surface area contributed by atoms with Gasteiger partial charge < -0.3 is 29.6 Å². The SMILES string of the molecule is CCOC(CN=C(NC1CCCCO1)NC1C(=O)N2C(C(=O)OC(C)(C)C)=C(C)CS[C@@H]12)OCC. The van der Waals surface area contributed by atoms with E-state index in [0.29, 0.717) is 37.2 Å². The highest BCUT2D eigenvalue weighted by Gasteiger charge is 2.54. The zero-order valence-electron chi connectivity index (χ0n) is 21.7. The Kier molecular flexibility index (Phi) is 9.86. The molecule has 3 aliphatic heterocycles. The Morgan fingerprint density at radius 1 is 1.23 bits per heavy atom. The Balaban J connectivity index is 1.73. The molecule has 2 saturated heterocycles. The van der Waals surface area contributed by atoms with Gasteiger partial charge in [-0.1, -0.05) is 0 Å². The minimum atomic E-state index is -0.641. The summed E-state index contributed by atoms with van der Waals surface area (Å²) in [6.07, 6.45) is 2.29. The summed E-state index contributed by atoms with van der Waals surface area (Å²) in [6.45, 7) is 13.1. The van der Waals surface area contributed by atoms with E-state index in [1.165, 1.54) is 0 Å². The first-order valence-corrected chi connectivity index (χ1v) is 13.5. The van der Waals surface area contributed by atoms with Crippen molar-refractivity contribution < 1.29 is 28.5 Å². The predicted molar refractivity (Wildman–Crippen MR) is 135 cm³/mol. The van der Waals surface area contributed by atoms with Crippen molar-refractivity contribution in [3.05, 3.63) is 11.3 Å². The first-order chi connectivity index (χ1) is 16.6. The standard InChI is InChI=1S/C24H40N4O6S/c1-7-31-17(32-8-2)13-25-23(26-16-11-9-10-12-33-16)27-18-20(29)28-19(15(3)14-35-21(18)28)22(30)34-24(4,5)6/h16-18,21H,7-14H2,1-6H3,(H2,25,26,27)/t16?,18?,21-/m0/s1. The molecule has 3 atom stereocenters. The maximum Gasteiger partial charge on any atom is 0.355 e. The average molecular weight is 513 g/mol. The topological polar surface area (TPSA) is 111 Å². The number of guanidine groups is 1. The summed E-state index contributed by atoms with van der Waals surface area (Å²) in [7, 11) is 0. The average Bonchev–Trinajstić information content (AvgIpc) is 2.80. The fraction of sp³-hybridized carbons (Fsp3) is 0.792. The van der Waals surface area contributed by atoms with Gasteiger partial charge in [0.25, 0.3) is 5.91 Å². The lowest BCUT2D eigenvalue weighted by Gasteiger charge is -2.50. The van der Waals surface area contributed by atoms with Crippen molar-refractivity contribution >= 4 is 29.6 Å². The minimum absolute atomic E-state index is 0.183. The molecular formula is C24H40N4O6S. The molecule has 2 fully saturated rings. The van der Waals surface area contributed by atoms with Crippen LogP contribution in [0.1, 0.15) is 60.8 Å². The summed E-state index contributed by atoms with van der Waals surface area (Å²) in [5, 5.41) is 6.35. The van der Waals surface area contributed by atoms with Crippen LogP contribution in [0, 0.1) is 0 Å². The highest BCUT2D eigenvalue weighted by molar-refractivity contribution is 8.00. The van der Waals surface area contributed by atoms with Gasteiger partial charge >= 0.3 is 5.97 Å². The molecule has 198 valence electrons. The van der Waals surface area contributed by atoms with Crippen molar-refractivity contribution in [2.24, 2.45) is 4.99 Å². The second-order valence-corrected chi connectivity index (χ2v) is 10.8. The molecule has 0 aromatic rings. The zero-order chi connectivity index (χ0) is 25.6. The van der Waals surface area contributed by atoms with Crippen LogP contribution in [0.5, 0.6) is 0 Å². The van der Waals surface area contributed by atoms with Crippen LogP contribution in [0.2, 0.25) is 0 Å². The van der Waals surface area contributed by atoms with Gasteiger partial charge in [0.1, 0.15) is 28.9 Å². The molecule has 0 bridgehead atoms. The van der Waals surface area contributed by atoms with Gasteiger partial charge in [-0.2, -0.15) is 0 Å². The van der Waals surface area contributed by atoms with E-state index in [0.717, 1.165) is 24.8 Å². The van der Waals surface area contributed by atoms with Gasteiger partial charge in [-0.25, -0.2) is 9.79 Å². The molecule has 3 aliphatic rings. The third-order valence-electron chi connectivity index (χ3n) is 5.62. The Bertz CT molecular complexity index is 815. The van der Waals surface area contributed by atoms with Crippen LogP contribution < -0.4 is 10.6 Å². The van der Waals surface area contributed by atoms with Gasteiger partial charge in [0.2, 0.25) is 0 Å². The summed E-state index contributed by atoms with van der Waals surface area (Å²) in [5.41, 5.74) is 0.546. The Labute approximate surface area is 212 Å². The second-order valence-electron chi connectivity index (χ2n) is 9.69. The lowest BCUT2D eigenvalue weighted by molar-refractivity contribution is -0.158. The number of nitrogens with one attached hydrogen (secondary N) is 2. The molecule has 0 aromatic heterocycles. The van der Waals surface area contributed by atoms with E-state index in [1.54, 1.807) is 16.7 Å². The van der Waals surface area contributed by atoms with Crippen molar-refractivity contribution in [3.8, 4) is 0 Å². The Morgan fingerprint density at radius 3 is 2.54 bits per heavy atom. The van der Waals surface area contributed by atoms with E-state index in [2.05, 4.69) is 15.6 Å². The number of carbonyl (C=O) groups excluding carboxylic acids is 2. The lowest BCUT2D eigenvalue weighted by atomic mass is 10.0. The van der Waals surface area contributed by atoms with E-state index >= 15 is 0 Å². The number of hydrogen-bond donors (Lipinski definition) is 2. The predicted octanol–water partition coefficient (Wildman–Crippen LogP) is 2.35. The monoisotopic (exact) mass is 512 g/mol. The summed E-state index contributed by atoms with van der Waals surface area (Å²) in [6, 6.07) is -0.530. The molecule has 11 heteroatoms. The number of fused-ring (bicyclic) bond motifs is 1. The summed E-state index contributed by atoms with van der Waals surface area (Å²) in [4.78, 5) is 32.3. The third-order valence-corrected chi connectivity index (χ3v) is 7.05. The number of ether oxygens (including phenoxy) is 4. The fourth-order valence-corrected chi connectivity index (χ4v) is 5.36. The van der Waals surface area contributed by atoms with Crippen LogP contribution in [0.15, 0.2) is 16.3 Å². The molecule has 0 aromatic carbocycles. The van der Waals surface area contributed by atoms with Gasteiger partial charge in [0.15, 0.2) is 12.2 Å². The number of aliphatic imine (C=N–C) groups is 1. The smallest absolute Gasteiger partial charge is 0.355 e. The van der Waals surface area contributed by atoms with Gasteiger partial charge in [0.05, 0.1) is 6.54 Å². The van der Waals surface area contributed by atoms with E-state index in [4.69, 9.17) is 18.9 Å². The number of thioether (sulfide) groups is 1. The molecule has 10 nitrogen and oxygen atoms in total. The molecule has 3 heterocycles. The minimum Gasteiger partial charge on any atom is -0.455 e. The number of nitrogens with zero attached hydrogens (tertiary/aromatic N) is 2. The van der Waals surface area contributed by atoms with Crippen molar-refractivity contribution in [2.45, 2.75) is 90.3 Å². The van der Waals surface area contributed by atoms with Gasteiger partial charge in [-0.15, -0.1) is 11.8 Å². The number of hydrogen-bond acceptors (Lipinski definition) is 8. The van der Waals surface area contributed by atoms with E-state index < -0.39 is 23.9 Å². The molecule has 0 radical (unpaired) electrons. The first-order valence-electron chi connectivity index (χ1n) is 12.4. The zero-order valence-corrected chi connectivity index (χ0v) is 22.5. The molecule has 0 spiro atoms. The Morgan fingerprint density at radius 2 is 1.94 bits per heavy atom. The lowest BCUT2D eigenvalue weighted by Crippen LogP contribution is -2.71. The van der Waals surface area contributed by atoms with E-state index in [-0.39, 0.29) is 24.1 Å². The summed E-state index contributed by atoms with van der Waals surface area (Å²) in [5.74, 6) is 0.451. The molecular weight excluding hydrogens is 472 g/mol. The second kappa shape index (κ2) is 12.4. The maximum atomic E-state index is 13.2. The van der Waals surface area contributed by atoms with Crippen LogP contribution in [0.4, 0.5) is 0 Å². The summed E-state index contributed by atoms with van der Waals surface area (Å²) >= 11 is 1.61. The molecule has 0 saturated carbocycles. The third kappa shape index (κ3) is 7.34. The molecule has 2 unspecified atom stereocenters. The number of carbonyl (C=O) groups is 2. The molecule has 1 amide bonds. The van der Waals surface area contributed by atoms with Crippen LogP contribution in [0.25, 0.3) is 0 Å². The van der Waals surface area contributed by atoms with Gasteiger partial charge in [0, 0.05) is 25.6 Å². The van der Waals surface area contributed by atoms with Crippen LogP contribution >= 0.6 is 11.8 Å². The van der Waals surface area contributed by atoms with Crippen molar-refractivity contribution in [1.82, 2.24) is 15.5 Å². The maximum absolute atomic E-state index is 13.2.